The van der Waals surface area contributed by atoms with Crippen molar-refractivity contribution in [2.24, 2.45) is 10.8 Å². The molecule has 0 unspecified atom stereocenters. The maximum atomic E-state index is 14.1. The smallest absolute Gasteiger partial charge is 0.188 e. The molecule has 1 saturated heterocycles. The first-order valence-corrected chi connectivity index (χ1v) is 13.7. The molecule has 4 heterocycles. The van der Waals surface area contributed by atoms with Crippen molar-refractivity contribution in [2.75, 3.05) is 24.5 Å². The van der Waals surface area contributed by atoms with E-state index < -0.39 is 0 Å². The maximum absolute atomic E-state index is 14.1. The number of hydrogen-bond donors (Lipinski definition) is 1. The summed E-state index contributed by atoms with van der Waals surface area (Å²) in [5.41, 5.74) is 3.86. The number of pyridine rings is 1. The van der Waals surface area contributed by atoms with E-state index in [9.17, 15) is 4.39 Å². The SMILES string of the molecule is CC1(C)CC(c2cc(F)ccc2Oc2cncnc2N2CC3(CC(Oc4ccnc5c4CNCC5)C3)C2)C1. The van der Waals surface area contributed by atoms with Gasteiger partial charge in [-0.05, 0) is 61.3 Å². The normalized spacial score (nSPS) is 21.7. The van der Waals surface area contributed by atoms with Gasteiger partial charge in [0.1, 0.15) is 29.7 Å². The highest BCUT2D eigenvalue weighted by Crippen LogP contribution is 2.54. The number of halogens is 1. The molecule has 3 aromatic rings. The fraction of sp³-hybridized carbons (Fsp3) is 0.500. The van der Waals surface area contributed by atoms with Gasteiger partial charge in [0.05, 0.1) is 6.20 Å². The first kappa shape index (κ1) is 23.8. The number of aromatic nitrogens is 3. The van der Waals surface area contributed by atoms with E-state index in [0.29, 0.717) is 22.8 Å². The topological polar surface area (TPSA) is 72.4 Å². The van der Waals surface area contributed by atoms with Crippen molar-refractivity contribution >= 4 is 5.82 Å². The van der Waals surface area contributed by atoms with E-state index in [0.717, 1.165) is 81.1 Å². The van der Waals surface area contributed by atoms with E-state index in [2.05, 4.69) is 39.0 Å². The summed E-state index contributed by atoms with van der Waals surface area (Å²) < 4.78 is 26.9. The van der Waals surface area contributed by atoms with E-state index >= 15 is 0 Å². The van der Waals surface area contributed by atoms with Gasteiger partial charge in [-0.2, -0.15) is 0 Å². The van der Waals surface area contributed by atoms with E-state index in [1.54, 1.807) is 24.7 Å². The Morgan fingerprint density at radius 1 is 1.03 bits per heavy atom. The Kier molecular flexibility index (Phi) is 5.58. The summed E-state index contributed by atoms with van der Waals surface area (Å²) in [6.45, 7) is 8.15. The van der Waals surface area contributed by atoms with Crippen molar-refractivity contribution in [1.29, 1.82) is 0 Å². The van der Waals surface area contributed by atoms with Crippen LogP contribution in [0.15, 0.2) is 43.0 Å². The zero-order chi connectivity index (χ0) is 25.9. The number of anilines is 1. The lowest BCUT2D eigenvalue weighted by atomic mass is 9.61. The van der Waals surface area contributed by atoms with Gasteiger partial charge in [0, 0.05) is 61.0 Å². The van der Waals surface area contributed by atoms with E-state index in [1.807, 2.05) is 12.3 Å². The summed E-state index contributed by atoms with van der Waals surface area (Å²) in [5.74, 6) is 3.19. The Hall–Kier alpha value is -3.26. The van der Waals surface area contributed by atoms with Crippen LogP contribution in [-0.4, -0.2) is 40.7 Å². The highest BCUT2D eigenvalue weighted by molar-refractivity contribution is 5.56. The summed E-state index contributed by atoms with van der Waals surface area (Å²) in [7, 11) is 0. The standard InChI is InChI=1S/C30H34FN5O2/c1-29(2)10-19(11-29)22-9-20(31)3-4-25(22)38-27-15-33-18-35-28(27)36-16-30(17-36)12-21(13-30)37-26-6-8-34-24-5-7-32-14-23(24)26/h3-4,6,8-9,15,18-19,21,32H,5,7,10-14,16-17H2,1-2H3. The third-order valence-corrected chi connectivity index (χ3v) is 8.80. The Morgan fingerprint density at radius 2 is 1.87 bits per heavy atom. The van der Waals surface area contributed by atoms with E-state index in [4.69, 9.17) is 9.47 Å². The van der Waals surface area contributed by atoms with Crippen LogP contribution in [0.1, 0.15) is 62.3 Å². The fourth-order valence-electron chi connectivity index (χ4n) is 6.96. The molecule has 2 aliphatic heterocycles. The van der Waals surface area contributed by atoms with Crippen LogP contribution in [0.2, 0.25) is 0 Å². The largest absolute Gasteiger partial charge is 0.490 e. The minimum Gasteiger partial charge on any atom is -0.490 e. The average Bonchev–Trinajstić information content (AvgIpc) is 2.85. The zero-order valence-corrected chi connectivity index (χ0v) is 22.0. The molecule has 2 aliphatic carbocycles. The van der Waals surface area contributed by atoms with Crippen LogP contribution in [0, 0.1) is 16.6 Å². The molecular formula is C30H34FN5O2. The number of benzene rings is 1. The van der Waals surface area contributed by atoms with Gasteiger partial charge >= 0.3 is 0 Å². The second-order valence-corrected chi connectivity index (χ2v) is 12.4. The van der Waals surface area contributed by atoms with Gasteiger partial charge in [0.15, 0.2) is 11.6 Å². The minimum absolute atomic E-state index is 0.225. The van der Waals surface area contributed by atoms with Crippen molar-refractivity contribution in [3.8, 4) is 17.2 Å². The van der Waals surface area contributed by atoms with Gasteiger partial charge in [0.2, 0.25) is 0 Å². The number of fused-ring (bicyclic) bond motifs is 1. The predicted octanol–water partition coefficient (Wildman–Crippen LogP) is 5.40. The van der Waals surface area contributed by atoms with Gasteiger partial charge in [-0.3, -0.25) is 4.98 Å². The van der Waals surface area contributed by atoms with Crippen molar-refractivity contribution in [3.63, 3.8) is 0 Å². The van der Waals surface area contributed by atoms with E-state index in [1.165, 1.54) is 11.6 Å². The number of nitrogens with one attached hydrogen (secondary N) is 1. The fourth-order valence-corrected chi connectivity index (χ4v) is 6.96. The van der Waals surface area contributed by atoms with Gasteiger partial charge in [0.25, 0.3) is 0 Å². The van der Waals surface area contributed by atoms with Gasteiger partial charge in [-0.25, -0.2) is 14.4 Å². The Labute approximate surface area is 222 Å². The Balaban J connectivity index is 1.01. The van der Waals surface area contributed by atoms with Gasteiger partial charge < -0.3 is 19.7 Å². The first-order valence-electron chi connectivity index (χ1n) is 13.7. The number of ether oxygens (including phenoxy) is 2. The van der Waals surface area contributed by atoms with E-state index in [-0.39, 0.29) is 17.3 Å². The van der Waals surface area contributed by atoms with Crippen molar-refractivity contribution in [3.05, 3.63) is 65.6 Å². The Bertz CT molecular complexity index is 1360. The molecule has 7 nitrogen and oxygen atoms in total. The van der Waals surface area contributed by atoms with Crippen LogP contribution in [-0.2, 0) is 13.0 Å². The van der Waals surface area contributed by atoms with Crippen LogP contribution < -0.4 is 19.7 Å². The molecule has 8 heteroatoms. The Morgan fingerprint density at radius 3 is 2.68 bits per heavy atom. The predicted molar refractivity (Wildman–Crippen MR) is 142 cm³/mol. The summed E-state index contributed by atoms with van der Waals surface area (Å²) >= 11 is 0. The molecule has 1 N–H and O–H groups in total. The molecular weight excluding hydrogens is 481 g/mol. The summed E-state index contributed by atoms with van der Waals surface area (Å²) in [5, 5.41) is 3.43. The van der Waals surface area contributed by atoms with Crippen molar-refractivity contribution in [2.45, 2.75) is 64.5 Å². The van der Waals surface area contributed by atoms with Crippen LogP contribution >= 0.6 is 0 Å². The molecule has 198 valence electrons. The molecule has 1 aromatic carbocycles. The monoisotopic (exact) mass is 515 g/mol. The minimum atomic E-state index is -0.225. The molecule has 2 aromatic heterocycles. The molecule has 3 fully saturated rings. The third kappa shape index (κ3) is 4.28. The van der Waals surface area contributed by atoms with Crippen LogP contribution in [0.25, 0.3) is 0 Å². The highest BCUT2D eigenvalue weighted by Gasteiger charge is 2.54. The van der Waals surface area contributed by atoms with Gasteiger partial charge in [-0.1, -0.05) is 13.8 Å². The summed E-state index contributed by atoms with van der Waals surface area (Å²) in [4.78, 5) is 15.6. The number of nitrogens with zero attached hydrogens (tertiary/aromatic N) is 4. The summed E-state index contributed by atoms with van der Waals surface area (Å²) in [6.07, 6.45) is 10.5. The van der Waals surface area contributed by atoms with Gasteiger partial charge in [-0.15, -0.1) is 0 Å². The van der Waals surface area contributed by atoms with Crippen LogP contribution in [0.3, 0.4) is 0 Å². The molecule has 4 aliphatic rings. The second kappa shape index (κ2) is 8.90. The lowest BCUT2D eigenvalue weighted by Gasteiger charge is -2.59. The molecule has 0 bridgehead atoms. The number of rotatable bonds is 6. The molecule has 7 rings (SSSR count). The number of hydrogen-bond acceptors (Lipinski definition) is 7. The lowest BCUT2D eigenvalue weighted by Crippen LogP contribution is -2.65. The van der Waals surface area contributed by atoms with Crippen molar-refractivity contribution in [1.82, 2.24) is 20.3 Å². The maximum Gasteiger partial charge on any atom is 0.188 e. The molecule has 0 radical (unpaired) electrons. The molecule has 38 heavy (non-hydrogen) atoms. The first-order chi connectivity index (χ1) is 18.4. The molecule has 1 spiro atoms. The average molecular weight is 516 g/mol. The molecule has 0 atom stereocenters. The quantitative estimate of drug-likeness (QED) is 0.471. The third-order valence-electron chi connectivity index (χ3n) is 8.80. The zero-order valence-electron chi connectivity index (χ0n) is 22.0. The second-order valence-electron chi connectivity index (χ2n) is 12.4. The van der Waals surface area contributed by atoms with Crippen molar-refractivity contribution < 1.29 is 13.9 Å². The van der Waals surface area contributed by atoms with Crippen LogP contribution in [0.4, 0.5) is 10.2 Å². The van der Waals surface area contributed by atoms with Crippen LogP contribution in [0.5, 0.6) is 17.2 Å². The molecule has 0 amide bonds. The highest BCUT2D eigenvalue weighted by atomic mass is 19.1. The summed E-state index contributed by atoms with van der Waals surface area (Å²) in [6, 6.07) is 6.84. The molecule has 2 saturated carbocycles. The lowest BCUT2D eigenvalue weighted by molar-refractivity contribution is -0.0349.